The molecule has 0 radical (unpaired) electrons. The highest BCUT2D eigenvalue weighted by Crippen LogP contribution is 2.23. The monoisotopic (exact) mass is 370 g/mol. The molecule has 2 aromatic carbocycles. The first-order valence-corrected chi connectivity index (χ1v) is 9.39. The number of benzene rings is 2. The number of hydrogen-bond donors (Lipinski definition) is 1. The second kappa shape index (κ2) is 7.91. The molecular formula is C19H22N4S2. The van der Waals surface area contributed by atoms with Crippen molar-refractivity contribution in [1.29, 1.82) is 0 Å². The predicted molar refractivity (Wildman–Crippen MR) is 108 cm³/mol. The van der Waals surface area contributed by atoms with Crippen LogP contribution in [-0.4, -0.2) is 21.7 Å². The molecule has 0 amide bonds. The van der Waals surface area contributed by atoms with Crippen molar-refractivity contribution in [2.75, 3.05) is 12.4 Å². The van der Waals surface area contributed by atoms with Gasteiger partial charge in [0.15, 0.2) is 3.95 Å². The fraction of sp³-hybridized carbons (Fsp3) is 0.263. The highest BCUT2D eigenvalue weighted by Gasteiger charge is 2.09. The molecule has 3 aromatic rings. The first kappa shape index (κ1) is 17.8. The average molecular weight is 371 g/mol. The topological polar surface area (TPSA) is 33.1 Å². The summed E-state index contributed by atoms with van der Waals surface area (Å²) in [6, 6.07) is 16.6. The third kappa shape index (κ3) is 4.54. The van der Waals surface area contributed by atoms with Crippen molar-refractivity contribution in [2.45, 2.75) is 27.1 Å². The molecule has 0 aliphatic heterocycles. The summed E-state index contributed by atoms with van der Waals surface area (Å²) in [6.45, 7) is 5.75. The number of anilines is 2. The molecule has 0 saturated carbocycles. The number of para-hydroxylation sites is 1. The highest BCUT2D eigenvalue weighted by atomic mass is 32.1. The standard InChI is InChI=1S/C19H22N4S2/c1-14-8-4-6-10-16(14)12-22(3)13-23-19(24)25-18(21-23)20-17-11-7-5-9-15(17)2/h4-11H,12-13H2,1-3H3,(H,20,21). The van der Waals surface area contributed by atoms with Crippen LogP contribution >= 0.6 is 23.6 Å². The van der Waals surface area contributed by atoms with Crippen molar-refractivity contribution in [2.24, 2.45) is 0 Å². The van der Waals surface area contributed by atoms with E-state index in [0.29, 0.717) is 6.67 Å². The molecule has 0 spiro atoms. The molecule has 3 rings (SSSR count). The van der Waals surface area contributed by atoms with E-state index < -0.39 is 0 Å². The Bertz CT molecular complexity index is 914. The van der Waals surface area contributed by atoms with E-state index in [-0.39, 0.29) is 0 Å². The first-order chi connectivity index (χ1) is 12.0. The predicted octanol–water partition coefficient (Wildman–Crippen LogP) is 5.12. The van der Waals surface area contributed by atoms with Crippen molar-refractivity contribution in [1.82, 2.24) is 14.7 Å². The average Bonchev–Trinajstić information content (AvgIpc) is 2.91. The number of aromatic nitrogens is 2. The lowest BCUT2D eigenvalue weighted by molar-refractivity contribution is 0.245. The number of nitrogens with one attached hydrogen (secondary N) is 1. The zero-order valence-corrected chi connectivity index (χ0v) is 16.3. The van der Waals surface area contributed by atoms with Crippen molar-refractivity contribution >= 4 is 34.4 Å². The molecule has 4 nitrogen and oxygen atoms in total. The van der Waals surface area contributed by atoms with Crippen molar-refractivity contribution in [3.8, 4) is 0 Å². The molecule has 0 fully saturated rings. The third-order valence-electron chi connectivity index (χ3n) is 4.07. The minimum Gasteiger partial charge on any atom is -0.330 e. The van der Waals surface area contributed by atoms with Gasteiger partial charge in [0, 0.05) is 12.2 Å². The van der Waals surface area contributed by atoms with Gasteiger partial charge in [0.2, 0.25) is 5.13 Å². The van der Waals surface area contributed by atoms with E-state index in [4.69, 9.17) is 12.2 Å². The van der Waals surface area contributed by atoms with Crippen LogP contribution in [0.25, 0.3) is 0 Å². The van der Waals surface area contributed by atoms with Crippen LogP contribution in [0.4, 0.5) is 10.8 Å². The summed E-state index contributed by atoms with van der Waals surface area (Å²) in [4.78, 5) is 2.22. The molecule has 0 saturated heterocycles. The SMILES string of the molecule is Cc1ccccc1CN(C)Cn1nc(Nc2ccccc2C)sc1=S. The highest BCUT2D eigenvalue weighted by molar-refractivity contribution is 7.73. The van der Waals surface area contributed by atoms with Gasteiger partial charge >= 0.3 is 0 Å². The molecule has 1 heterocycles. The maximum Gasteiger partial charge on any atom is 0.209 e. The minimum absolute atomic E-state index is 0.666. The lowest BCUT2D eigenvalue weighted by atomic mass is 10.1. The van der Waals surface area contributed by atoms with E-state index in [1.54, 1.807) is 0 Å². The molecule has 0 aliphatic rings. The van der Waals surface area contributed by atoms with E-state index in [9.17, 15) is 0 Å². The second-order valence-corrected chi connectivity index (χ2v) is 7.82. The number of rotatable bonds is 6. The van der Waals surface area contributed by atoms with Crippen LogP contribution in [0.15, 0.2) is 48.5 Å². The van der Waals surface area contributed by atoms with Gasteiger partial charge in [-0.25, -0.2) is 4.68 Å². The summed E-state index contributed by atoms with van der Waals surface area (Å²) in [5.74, 6) is 0. The number of aryl methyl sites for hydroxylation is 2. The lowest BCUT2D eigenvalue weighted by Gasteiger charge is -2.17. The molecule has 0 aliphatic carbocycles. The van der Waals surface area contributed by atoms with Crippen LogP contribution in [-0.2, 0) is 13.2 Å². The van der Waals surface area contributed by atoms with E-state index in [2.05, 4.69) is 72.6 Å². The van der Waals surface area contributed by atoms with E-state index in [0.717, 1.165) is 21.3 Å². The molecule has 1 N–H and O–H groups in total. The Hall–Kier alpha value is -2.02. The van der Waals surface area contributed by atoms with Gasteiger partial charge in [-0.2, -0.15) is 0 Å². The first-order valence-electron chi connectivity index (χ1n) is 8.16. The largest absolute Gasteiger partial charge is 0.330 e. The lowest BCUT2D eigenvalue weighted by Crippen LogP contribution is -2.22. The van der Waals surface area contributed by atoms with Crippen molar-refractivity contribution < 1.29 is 0 Å². The maximum absolute atomic E-state index is 5.48. The van der Waals surface area contributed by atoms with E-state index >= 15 is 0 Å². The van der Waals surface area contributed by atoms with Gasteiger partial charge in [0.05, 0.1) is 6.67 Å². The Balaban J connectivity index is 1.69. The Kier molecular flexibility index (Phi) is 5.63. The summed E-state index contributed by atoms with van der Waals surface area (Å²) < 4.78 is 2.64. The van der Waals surface area contributed by atoms with E-state index in [1.165, 1.54) is 28.0 Å². The van der Waals surface area contributed by atoms with Gasteiger partial charge in [0.25, 0.3) is 0 Å². The third-order valence-corrected chi connectivity index (χ3v) is 5.29. The molecule has 6 heteroatoms. The van der Waals surface area contributed by atoms with Gasteiger partial charge < -0.3 is 5.32 Å². The Morgan fingerprint density at radius 3 is 2.48 bits per heavy atom. The maximum atomic E-state index is 5.48. The van der Waals surface area contributed by atoms with Gasteiger partial charge in [-0.3, -0.25) is 4.90 Å². The summed E-state index contributed by atoms with van der Waals surface area (Å²) in [5, 5.41) is 8.82. The molecule has 25 heavy (non-hydrogen) atoms. The fourth-order valence-corrected chi connectivity index (χ4v) is 3.64. The molecule has 0 atom stereocenters. The summed E-state index contributed by atoms with van der Waals surface area (Å²) >= 11 is 6.98. The van der Waals surface area contributed by atoms with Crippen LogP contribution < -0.4 is 5.32 Å². The number of nitrogens with zero attached hydrogens (tertiary/aromatic N) is 3. The van der Waals surface area contributed by atoms with Crippen LogP contribution in [0, 0.1) is 17.8 Å². The molecule has 130 valence electrons. The van der Waals surface area contributed by atoms with Crippen molar-refractivity contribution in [3.05, 3.63) is 69.2 Å². The second-order valence-electron chi connectivity index (χ2n) is 6.19. The van der Waals surface area contributed by atoms with Gasteiger partial charge in [0.1, 0.15) is 0 Å². The van der Waals surface area contributed by atoms with Crippen LogP contribution in [0.3, 0.4) is 0 Å². The van der Waals surface area contributed by atoms with Crippen molar-refractivity contribution in [3.63, 3.8) is 0 Å². The number of hydrogen-bond acceptors (Lipinski definition) is 5. The zero-order valence-electron chi connectivity index (χ0n) is 14.7. The summed E-state index contributed by atoms with van der Waals surface area (Å²) in [5.41, 5.74) is 4.88. The Morgan fingerprint density at radius 2 is 1.76 bits per heavy atom. The zero-order chi connectivity index (χ0) is 17.8. The quantitative estimate of drug-likeness (QED) is 0.610. The minimum atomic E-state index is 0.666. The normalized spacial score (nSPS) is 11.0. The molecule has 0 unspecified atom stereocenters. The molecule has 0 bridgehead atoms. The van der Waals surface area contributed by atoms with Crippen LogP contribution in [0.1, 0.15) is 16.7 Å². The fourth-order valence-electron chi connectivity index (χ4n) is 2.63. The van der Waals surface area contributed by atoms with Gasteiger partial charge in [-0.05, 0) is 55.9 Å². The van der Waals surface area contributed by atoms with Crippen LogP contribution in [0.2, 0.25) is 0 Å². The van der Waals surface area contributed by atoms with Crippen LogP contribution in [0.5, 0.6) is 0 Å². The summed E-state index contributed by atoms with van der Waals surface area (Å²) in [7, 11) is 2.09. The molecule has 1 aromatic heterocycles. The van der Waals surface area contributed by atoms with E-state index in [1.807, 2.05) is 16.8 Å². The smallest absolute Gasteiger partial charge is 0.209 e. The van der Waals surface area contributed by atoms with Gasteiger partial charge in [-0.1, -0.05) is 53.8 Å². The molecular weight excluding hydrogens is 348 g/mol. The Labute approximate surface area is 157 Å². The summed E-state index contributed by atoms with van der Waals surface area (Å²) in [6.07, 6.45) is 0. The Morgan fingerprint density at radius 1 is 1.08 bits per heavy atom. The van der Waals surface area contributed by atoms with Gasteiger partial charge in [-0.15, -0.1) is 5.10 Å².